The molecule has 2 aromatic carbocycles. The SMILES string of the molecule is CN1C(=O)OC(CCCc2ccc(OCc3coc(/C=C/c4ccccc4)n3)cc2)C1=O. The molecule has 32 heavy (non-hydrogen) atoms. The highest BCUT2D eigenvalue weighted by Crippen LogP contribution is 2.19. The standard InChI is InChI=1S/C25H24N2O5/c1-27-24(28)22(32-25(27)29)9-5-8-19-10-13-21(14-11-19)30-16-20-17-31-23(26-20)15-12-18-6-3-2-4-7-18/h2-4,6-7,10-15,17,22H,5,8-9,16H2,1H3/b15-12+. The van der Waals surface area contributed by atoms with Gasteiger partial charge in [0.25, 0.3) is 5.91 Å². The highest BCUT2D eigenvalue weighted by molar-refractivity contribution is 5.99. The Hall–Kier alpha value is -3.87. The highest BCUT2D eigenvalue weighted by Gasteiger charge is 2.37. The Bertz CT molecular complexity index is 1090. The summed E-state index contributed by atoms with van der Waals surface area (Å²) in [6.07, 6.45) is 6.17. The molecule has 1 aromatic heterocycles. The lowest BCUT2D eigenvalue weighted by Crippen LogP contribution is -2.27. The van der Waals surface area contributed by atoms with Crippen molar-refractivity contribution in [2.75, 3.05) is 7.05 Å². The van der Waals surface area contributed by atoms with Gasteiger partial charge in [0.15, 0.2) is 6.10 Å². The number of rotatable bonds is 9. The van der Waals surface area contributed by atoms with Crippen molar-refractivity contribution in [2.45, 2.75) is 32.0 Å². The number of imide groups is 1. The van der Waals surface area contributed by atoms with Gasteiger partial charge < -0.3 is 13.9 Å². The molecule has 0 saturated carbocycles. The molecule has 2 amide bonds. The van der Waals surface area contributed by atoms with Crippen LogP contribution >= 0.6 is 0 Å². The summed E-state index contributed by atoms with van der Waals surface area (Å²) in [6.45, 7) is 0.310. The fourth-order valence-electron chi connectivity index (χ4n) is 3.34. The van der Waals surface area contributed by atoms with Crippen LogP contribution in [0.5, 0.6) is 5.75 Å². The van der Waals surface area contributed by atoms with Crippen molar-refractivity contribution in [1.82, 2.24) is 9.88 Å². The number of nitrogens with zero attached hydrogens (tertiary/aromatic N) is 2. The van der Waals surface area contributed by atoms with Gasteiger partial charge in [-0.25, -0.2) is 14.7 Å². The zero-order valence-corrected chi connectivity index (χ0v) is 17.8. The Balaban J connectivity index is 1.21. The van der Waals surface area contributed by atoms with E-state index in [1.165, 1.54) is 7.05 Å². The Labute approximate surface area is 186 Å². The Kier molecular flexibility index (Phi) is 6.65. The van der Waals surface area contributed by atoms with Crippen LogP contribution in [0.2, 0.25) is 0 Å². The van der Waals surface area contributed by atoms with E-state index in [1.807, 2.05) is 66.7 Å². The number of ether oxygens (including phenoxy) is 2. The van der Waals surface area contributed by atoms with Crippen molar-refractivity contribution in [2.24, 2.45) is 0 Å². The molecule has 0 N–H and O–H groups in total. The van der Waals surface area contributed by atoms with Gasteiger partial charge in [-0.2, -0.15) is 0 Å². The van der Waals surface area contributed by atoms with E-state index in [9.17, 15) is 9.59 Å². The normalized spacial score (nSPS) is 16.0. The molecular weight excluding hydrogens is 408 g/mol. The van der Waals surface area contributed by atoms with Crippen LogP contribution in [-0.2, 0) is 22.6 Å². The second kappa shape index (κ2) is 9.96. The second-order valence-corrected chi connectivity index (χ2v) is 7.52. The predicted molar refractivity (Wildman–Crippen MR) is 119 cm³/mol. The molecule has 1 aliphatic heterocycles. The van der Waals surface area contributed by atoms with Crippen LogP contribution in [0.1, 0.15) is 35.6 Å². The van der Waals surface area contributed by atoms with E-state index >= 15 is 0 Å². The zero-order chi connectivity index (χ0) is 22.3. The van der Waals surface area contributed by atoms with Crippen molar-refractivity contribution >= 4 is 24.2 Å². The number of carbonyl (C=O) groups excluding carboxylic acids is 2. The number of amides is 2. The van der Waals surface area contributed by atoms with Crippen LogP contribution < -0.4 is 4.74 Å². The number of likely N-dealkylation sites (N-methyl/N-ethyl adjacent to an activating group) is 1. The number of aryl methyl sites for hydroxylation is 1. The van der Waals surface area contributed by atoms with E-state index in [-0.39, 0.29) is 5.91 Å². The topological polar surface area (TPSA) is 81.9 Å². The lowest BCUT2D eigenvalue weighted by Gasteiger charge is -2.08. The first-order valence-corrected chi connectivity index (χ1v) is 10.5. The number of cyclic esters (lactones) is 1. The second-order valence-electron chi connectivity index (χ2n) is 7.52. The maximum Gasteiger partial charge on any atom is 0.417 e. The molecule has 1 aliphatic rings. The molecule has 7 heteroatoms. The minimum atomic E-state index is -0.662. The Morgan fingerprint density at radius 1 is 1.06 bits per heavy atom. The summed E-state index contributed by atoms with van der Waals surface area (Å²) in [5.74, 6) is 0.991. The number of hydrogen-bond acceptors (Lipinski definition) is 6. The highest BCUT2D eigenvalue weighted by atomic mass is 16.6. The zero-order valence-electron chi connectivity index (χ0n) is 17.8. The van der Waals surface area contributed by atoms with Gasteiger partial charge in [0.1, 0.15) is 24.3 Å². The predicted octanol–water partition coefficient (Wildman–Crippen LogP) is 4.72. The first-order valence-electron chi connectivity index (χ1n) is 10.5. The molecule has 0 aliphatic carbocycles. The van der Waals surface area contributed by atoms with Crippen LogP contribution in [0, 0.1) is 0 Å². The number of hydrogen-bond donors (Lipinski definition) is 0. The molecule has 0 radical (unpaired) electrons. The van der Waals surface area contributed by atoms with Gasteiger partial charge in [-0.1, -0.05) is 42.5 Å². The van der Waals surface area contributed by atoms with Crippen LogP contribution in [0.4, 0.5) is 4.79 Å². The van der Waals surface area contributed by atoms with Gasteiger partial charge in [0.2, 0.25) is 5.89 Å². The number of oxazole rings is 1. The van der Waals surface area contributed by atoms with E-state index in [1.54, 1.807) is 6.26 Å². The molecule has 2 heterocycles. The summed E-state index contributed by atoms with van der Waals surface area (Å²) in [5, 5.41) is 0. The Morgan fingerprint density at radius 3 is 2.56 bits per heavy atom. The lowest BCUT2D eigenvalue weighted by atomic mass is 10.1. The number of carbonyl (C=O) groups is 2. The van der Waals surface area contributed by atoms with Crippen molar-refractivity contribution in [1.29, 1.82) is 0 Å². The lowest BCUT2D eigenvalue weighted by molar-refractivity contribution is -0.129. The molecule has 0 bridgehead atoms. The number of aromatic nitrogens is 1. The molecule has 1 saturated heterocycles. The molecule has 164 valence electrons. The first kappa shape index (κ1) is 21.4. The monoisotopic (exact) mass is 432 g/mol. The van der Waals surface area contributed by atoms with Gasteiger partial charge >= 0.3 is 6.09 Å². The van der Waals surface area contributed by atoms with E-state index < -0.39 is 12.2 Å². The summed E-state index contributed by atoms with van der Waals surface area (Å²) in [4.78, 5) is 28.7. The van der Waals surface area contributed by atoms with Crippen LogP contribution in [0.3, 0.4) is 0 Å². The average molecular weight is 432 g/mol. The third-order valence-electron chi connectivity index (χ3n) is 5.15. The van der Waals surface area contributed by atoms with Crippen LogP contribution in [-0.4, -0.2) is 35.0 Å². The van der Waals surface area contributed by atoms with E-state index in [4.69, 9.17) is 13.9 Å². The van der Waals surface area contributed by atoms with Gasteiger partial charge in [-0.05, 0) is 48.6 Å². The average Bonchev–Trinajstić information content (AvgIpc) is 3.38. The summed E-state index contributed by atoms with van der Waals surface area (Å²) < 4.78 is 16.3. The third kappa shape index (κ3) is 5.43. The quantitative estimate of drug-likeness (QED) is 0.486. The molecular formula is C25H24N2O5. The Morgan fingerprint density at radius 2 is 1.84 bits per heavy atom. The largest absolute Gasteiger partial charge is 0.487 e. The summed E-state index contributed by atoms with van der Waals surface area (Å²) in [6, 6.07) is 17.7. The van der Waals surface area contributed by atoms with Gasteiger partial charge in [0.05, 0.1) is 0 Å². The number of benzene rings is 2. The molecule has 1 unspecified atom stereocenters. The summed E-state index contributed by atoms with van der Waals surface area (Å²) >= 11 is 0. The minimum absolute atomic E-state index is 0.273. The van der Waals surface area contributed by atoms with Crippen molar-refractivity contribution < 1.29 is 23.5 Å². The maximum absolute atomic E-state index is 11.8. The molecule has 3 aromatic rings. The smallest absolute Gasteiger partial charge is 0.417 e. The molecule has 1 fully saturated rings. The minimum Gasteiger partial charge on any atom is -0.487 e. The van der Waals surface area contributed by atoms with Gasteiger partial charge in [0, 0.05) is 13.1 Å². The van der Waals surface area contributed by atoms with E-state index in [0.29, 0.717) is 24.6 Å². The molecule has 7 nitrogen and oxygen atoms in total. The maximum atomic E-state index is 11.8. The molecule has 1 atom stereocenters. The van der Waals surface area contributed by atoms with Crippen LogP contribution in [0.15, 0.2) is 65.3 Å². The van der Waals surface area contributed by atoms with Crippen molar-refractivity contribution in [3.63, 3.8) is 0 Å². The van der Waals surface area contributed by atoms with E-state index in [0.717, 1.165) is 34.6 Å². The molecule has 4 rings (SSSR count). The molecule has 0 spiro atoms. The summed E-state index contributed by atoms with van der Waals surface area (Å²) in [7, 11) is 1.44. The van der Waals surface area contributed by atoms with Gasteiger partial charge in [-0.3, -0.25) is 4.79 Å². The van der Waals surface area contributed by atoms with Gasteiger partial charge in [-0.15, -0.1) is 0 Å². The first-order chi connectivity index (χ1) is 15.6. The van der Waals surface area contributed by atoms with Crippen LogP contribution in [0.25, 0.3) is 12.2 Å². The fraction of sp³-hybridized carbons (Fsp3) is 0.240. The summed E-state index contributed by atoms with van der Waals surface area (Å²) in [5.41, 5.74) is 2.91. The van der Waals surface area contributed by atoms with Crippen molar-refractivity contribution in [3.05, 3.63) is 83.6 Å². The van der Waals surface area contributed by atoms with Crippen molar-refractivity contribution in [3.8, 4) is 5.75 Å². The fourth-order valence-corrected chi connectivity index (χ4v) is 3.34. The van der Waals surface area contributed by atoms with E-state index in [2.05, 4.69) is 4.98 Å². The third-order valence-corrected chi connectivity index (χ3v) is 5.15.